The molecule has 24 heavy (non-hydrogen) atoms. The van der Waals surface area contributed by atoms with Crippen molar-refractivity contribution in [3.8, 4) is 0 Å². The lowest BCUT2D eigenvalue weighted by Gasteiger charge is -2.33. The molecule has 1 aromatic carbocycles. The smallest absolute Gasteiger partial charge is 0.225 e. The minimum atomic E-state index is -3.14. The van der Waals surface area contributed by atoms with Crippen LogP contribution in [0.2, 0.25) is 0 Å². The van der Waals surface area contributed by atoms with Crippen LogP contribution in [0.1, 0.15) is 13.3 Å². The zero-order valence-electron chi connectivity index (χ0n) is 13.5. The molecule has 2 rings (SSSR count). The molecule has 9 heteroatoms. The molecule has 0 unspecified atom stereocenters. The van der Waals surface area contributed by atoms with Crippen LogP contribution in [0, 0.1) is 5.82 Å². The van der Waals surface area contributed by atoms with E-state index in [0.29, 0.717) is 37.2 Å². The predicted molar refractivity (Wildman–Crippen MR) is 94.8 cm³/mol. The summed E-state index contributed by atoms with van der Waals surface area (Å²) in [6.07, 6.45) is 0.232. The molecule has 1 amide bonds. The van der Waals surface area contributed by atoms with Crippen molar-refractivity contribution in [3.05, 3.63) is 28.5 Å². The Hall–Kier alpha value is -1.03. The third kappa shape index (κ3) is 5.23. The monoisotopic (exact) mass is 421 g/mol. The highest BCUT2D eigenvalue weighted by Gasteiger charge is 2.25. The topological polar surface area (TPSA) is 69.7 Å². The summed E-state index contributed by atoms with van der Waals surface area (Å²) < 4.78 is 39.4. The molecule has 1 aliphatic heterocycles. The number of nitrogens with one attached hydrogen (secondary N) is 1. The van der Waals surface area contributed by atoms with Crippen LogP contribution in [0.3, 0.4) is 0 Å². The molecule has 0 bridgehead atoms. The van der Waals surface area contributed by atoms with Gasteiger partial charge in [-0.3, -0.25) is 4.79 Å². The standard InChI is InChI=1S/C15H21BrFN3O3S/c1-2-24(22,23)20-9-7-19(8-10-20)6-5-15(21)18-14-4-3-12(16)11-13(14)17/h3-4,11H,2,5-10H2,1H3,(H,18,21). The maximum atomic E-state index is 13.7. The average molecular weight is 422 g/mol. The van der Waals surface area contributed by atoms with Gasteiger partial charge in [-0.2, -0.15) is 4.31 Å². The number of halogens is 2. The number of rotatable bonds is 6. The maximum Gasteiger partial charge on any atom is 0.225 e. The fourth-order valence-corrected chi connectivity index (χ4v) is 3.90. The van der Waals surface area contributed by atoms with Gasteiger partial charge in [-0.1, -0.05) is 15.9 Å². The summed E-state index contributed by atoms with van der Waals surface area (Å²) in [5, 5.41) is 2.55. The second-order valence-corrected chi connectivity index (χ2v) is 8.74. The molecule has 1 aromatic rings. The second-order valence-electron chi connectivity index (χ2n) is 5.56. The highest BCUT2D eigenvalue weighted by Crippen LogP contribution is 2.19. The third-order valence-corrected chi connectivity index (χ3v) is 6.32. The number of nitrogens with zero attached hydrogens (tertiary/aromatic N) is 2. The van der Waals surface area contributed by atoms with Crippen LogP contribution in [-0.2, 0) is 14.8 Å². The number of piperazine rings is 1. The first-order chi connectivity index (χ1) is 11.3. The molecule has 134 valence electrons. The van der Waals surface area contributed by atoms with Crippen molar-refractivity contribution in [3.63, 3.8) is 0 Å². The van der Waals surface area contributed by atoms with Crippen LogP contribution in [0.5, 0.6) is 0 Å². The molecule has 0 radical (unpaired) electrons. The fraction of sp³-hybridized carbons (Fsp3) is 0.533. The van der Waals surface area contributed by atoms with E-state index in [0.717, 1.165) is 0 Å². The minimum absolute atomic E-state index is 0.105. The van der Waals surface area contributed by atoms with E-state index in [4.69, 9.17) is 0 Å². The van der Waals surface area contributed by atoms with Crippen molar-refractivity contribution >= 4 is 37.5 Å². The van der Waals surface area contributed by atoms with E-state index in [1.807, 2.05) is 4.90 Å². The van der Waals surface area contributed by atoms with Crippen LogP contribution >= 0.6 is 15.9 Å². The zero-order valence-corrected chi connectivity index (χ0v) is 15.9. The van der Waals surface area contributed by atoms with E-state index in [1.54, 1.807) is 13.0 Å². The first-order valence-electron chi connectivity index (χ1n) is 7.77. The molecule has 1 aliphatic rings. The summed E-state index contributed by atoms with van der Waals surface area (Å²) in [6, 6.07) is 4.46. The van der Waals surface area contributed by atoms with Gasteiger partial charge in [0.2, 0.25) is 15.9 Å². The molecule has 1 N–H and O–H groups in total. The van der Waals surface area contributed by atoms with Crippen molar-refractivity contribution in [2.75, 3.05) is 43.8 Å². The quantitative estimate of drug-likeness (QED) is 0.760. The van der Waals surface area contributed by atoms with Gasteiger partial charge < -0.3 is 10.2 Å². The van der Waals surface area contributed by atoms with E-state index in [-0.39, 0.29) is 23.8 Å². The SMILES string of the molecule is CCS(=O)(=O)N1CCN(CCC(=O)Nc2ccc(Br)cc2F)CC1. The normalized spacial score (nSPS) is 17.0. The molecular formula is C15H21BrFN3O3S. The Morgan fingerprint density at radius 3 is 2.54 bits per heavy atom. The van der Waals surface area contributed by atoms with Gasteiger partial charge in [-0.15, -0.1) is 0 Å². The summed E-state index contributed by atoms with van der Waals surface area (Å²) in [5.74, 6) is -0.648. The Kier molecular flexibility index (Phi) is 6.73. The Bertz CT molecular complexity index is 691. The predicted octanol–water partition coefficient (Wildman–Crippen LogP) is 1.88. The first-order valence-corrected chi connectivity index (χ1v) is 10.2. The van der Waals surface area contributed by atoms with Gasteiger partial charge in [0.25, 0.3) is 0 Å². The largest absolute Gasteiger partial charge is 0.324 e. The molecule has 1 heterocycles. The van der Waals surface area contributed by atoms with E-state index < -0.39 is 15.8 Å². The number of sulfonamides is 1. The molecule has 0 aromatic heterocycles. The van der Waals surface area contributed by atoms with Gasteiger partial charge >= 0.3 is 0 Å². The summed E-state index contributed by atoms with van der Waals surface area (Å²) >= 11 is 3.16. The summed E-state index contributed by atoms with van der Waals surface area (Å²) in [6.45, 7) is 4.23. The number of anilines is 1. The summed E-state index contributed by atoms with van der Waals surface area (Å²) in [5.41, 5.74) is 0.155. The number of hydrogen-bond acceptors (Lipinski definition) is 4. The van der Waals surface area contributed by atoms with Gasteiger partial charge in [0.05, 0.1) is 11.4 Å². The van der Waals surface area contributed by atoms with Crippen molar-refractivity contribution < 1.29 is 17.6 Å². The number of benzene rings is 1. The zero-order chi connectivity index (χ0) is 17.7. The van der Waals surface area contributed by atoms with Gasteiger partial charge in [-0.25, -0.2) is 12.8 Å². The molecular weight excluding hydrogens is 401 g/mol. The van der Waals surface area contributed by atoms with Crippen molar-refractivity contribution in [1.82, 2.24) is 9.21 Å². The average Bonchev–Trinajstić information content (AvgIpc) is 2.56. The maximum absolute atomic E-state index is 13.7. The van der Waals surface area contributed by atoms with E-state index in [2.05, 4.69) is 21.2 Å². The molecule has 6 nitrogen and oxygen atoms in total. The van der Waals surface area contributed by atoms with Gasteiger partial charge in [0.1, 0.15) is 5.82 Å². The van der Waals surface area contributed by atoms with Gasteiger partial charge in [0.15, 0.2) is 0 Å². The van der Waals surface area contributed by atoms with Gasteiger partial charge in [-0.05, 0) is 25.1 Å². The highest BCUT2D eigenvalue weighted by atomic mass is 79.9. The van der Waals surface area contributed by atoms with Crippen LogP contribution in [0.15, 0.2) is 22.7 Å². The highest BCUT2D eigenvalue weighted by molar-refractivity contribution is 9.10. The Labute approximate surface area is 150 Å². The molecule has 0 aliphatic carbocycles. The molecule has 0 atom stereocenters. The van der Waals surface area contributed by atoms with Crippen LogP contribution in [0.25, 0.3) is 0 Å². The Balaban J connectivity index is 1.77. The van der Waals surface area contributed by atoms with Crippen LogP contribution in [0.4, 0.5) is 10.1 Å². The van der Waals surface area contributed by atoms with Crippen molar-refractivity contribution in [1.29, 1.82) is 0 Å². The number of carbonyl (C=O) groups is 1. The number of amides is 1. The fourth-order valence-electron chi connectivity index (χ4n) is 2.48. The van der Waals surface area contributed by atoms with Crippen LogP contribution in [-0.4, -0.2) is 62.0 Å². The van der Waals surface area contributed by atoms with E-state index in [1.165, 1.54) is 16.4 Å². The number of hydrogen-bond donors (Lipinski definition) is 1. The second kappa shape index (κ2) is 8.37. The minimum Gasteiger partial charge on any atom is -0.324 e. The Morgan fingerprint density at radius 1 is 1.29 bits per heavy atom. The van der Waals surface area contributed by atoms with Crippen molar-refractivity contribution in [2.45, 2.75) is 13.3 Å². The van der Waals surface area contributed by atoms with Gasteiger partial charge in [0, 0.05) is 43.6 Å². The number of carbonyl (C=O) groups excluding carboxylic acids is 1. The third-order valence-electron chi connectivity index (χ3n) is 3.95. The van der Waals surface area contributed by atoms with E-state index >= 15 is 0 Å². The lowest BCUT2D eigenvalue weighted by atomic mass is 10.2. The van der Waals surface area contributed by atoms with Crippen LogP contribution < -0.4 is 5.32 Å². The van der Waals surface area contributed by atoms with Crippen molar-refractivity contribution in [2.24, 2.45) is 0 Å². The summed E-state index contributed by atoms with van der Waals surface area (Å²) in [7, 11) is -3.14. The molecule has 1 saturated heterocycles. The lowest BCUT2D eigenvalue weighted by molar-refractivity contribution is -0.116. The Morgan fingerprint density at radius 2 is 1.96 bits per heavy atom. The molecule has 0 spiro atoms. The lowest BCUT2D eigenvalue weighted by Crippen LogP contribution is -2.49. The molecule has 1 fully saturated rings. The first kappa shape index (κ1) is 19.3. The van der Waals surface area contributed by atoms with E-state index in [9.17, 15) is 17.6 Å². The summed E-state index contributed by atoms with van der Waals surface area (Å²) in [4.78, 5) is 14.0. The molecule has 0 saturated carbocycles.